The first-order valence-corrected chi connectivity index (χ1v) is 8.41. The summed E-state index contributed by atoms with van der Waals surface area (Å²) in [6.07, 6.45) is 3.74. The van der Waals surface area contributed by atoms with Crippen LogP contribution in [0.5, 0.6) is 0 Å². The molecule has 4 nitrogen and oxygen atoms in total. The monoisotopic (exact) mass is 341 g/mol. The Morgan fingerprint density at radius 2 is 1.92 bits per heavy atom. The fourth-order valence-corrected chi connectivity index (χ4v) is 3.86. The summed E-state index contributed by atoms with van der Waals surface area (Å²) in [6.45, 7) is 0. The highest BCUT2D eigenvalue weighted by atomic mass is 35.5. The van der Waals surface area contributed by atoms with Crippen LogP contribution in [0.3, 0.4) is 0 Å². The van der Waals surface area contributed by atoms with Gasteiger partial charge in [0.2, 0.25) is 5.91 Å². The summed E-state index contributed by atoms with van der Waals surface area (Å²) >= 11 is 6.31. The van der Waals surface area contributed by atoms with Crippen molar-refractivity contribution in [1.82, 2.24) is 0 Å². The molecule has 1 unspecified atom stereocenters. The molecule has 2 aliphatic rings. The third-order valence-corrected chi connectivity index (χ3v) is 4.97. The van der Waals surface area contributed by atoms with Gasteiger partial charge in [-0.15, -0.1) is 0 Å². The lowest BCUT2D eigenvalue weighted by Crippen LogP contribution is -2.40. The predicted molar refractivity (Wildman–Crippen MR) is 90.9 cm³/mol. The number of halogens is 1. The summed E-state index contributed by atoms with van der Waals surface area (Å²) in [5.41, 5.74) is 2.12. The molecule has 0 fully saturated rings. The van der Waals surface area contributed by atoms with Crippen LogP contribution in [0, 0.1) is 0 Å². The number of furan rings is 1. The van der Waals surface area contributed by atoms with E-state index in [1.54, 1.807) is 23.3 Å². The number of benzene rings is 1. The Labute approximate surface area is 144 Å². The van der Waals surface area contributed by atoms with Crippen LogP contribution >= 0.6 is 11.6 Å². The van der Waals surface area contributed by atoms with Crippen molar-refractivity contribution in [2.24, 2.45) is 0 Å². The Bertz CT molecular complexity index is 838. The van der Waals surface area contributed by atoms with Gasteiger partial charge in [0.15, 0.2) is 5.78 Å². The third-order valence-electron chi connectivity index (χ3n) is 4.66. The van der Waals surface area contributed by atoms with Crippen molar-refractivity contribution in [3.05, 3.63) is 64.7 Å². The fraction of sp³-hybridized carbons (Fsp3) is 0.263. The van der Waals surface area contributed by atoms with E-state index in [4.69, 9.17) is 16.0 Å². The zero-order chi connectivity index (χ0) is 16.7. The molecule has 0 spiro atoms. The van der Waals surface area contributed by atoms with E-state index in [9.17, 15) is 9.59 Å². The second-order valence-electron chi connectivity index (χ2n) is 6.09. The number of nitrogens with zero attached hydrogens (tertiary/aromatic N) is 1. The van der Waals surface area contributed by atoms with E-state index in [-0.39, 0.29) is 24.0 Å². The number of rotatable bonds is 2. The van der Waals surface area contributed by atoms with Crippen LogP contribution in [-0.4, -0.2) is 11.7 Å². The first-order valence-electron chi connectivity index (χ1n) is 8.04. The molecule has 0 bridgehead atoms. The number of anilines is 1. The van der Waals surface area contributed by atoms with Crippen molar-refractivity contribution in [3.63, 3.8) is 0 Å². The second kappa shape index (κ2) is 5.95. The smallest absolute Gasteiger partial charge is 0.232 e. The lowest BCUT2D eigenvalue weighted by Gasteiger charge is -2.37. The van der Waals surface area contributed by atoms with Crippen LogP contribution in [0.1, 0.15) is 37.4 Å². The van der Waals surface area contributed by atoms with Crippen LogP contribution in [0.25, 0.3) is 0 Å². The molecule has 0 saturated heterocycles. The van der Waals surface area contributed by atoms with Crippen molar-refractivity contribution in [2.45, 2.75) is 31.6 Å². The summed E-state index contributed by atoms with van der Waals surface area (Å²) < 4.78 is 5.50. The molecular weight excluding hydrogens is 326 g/mol. The highest BCUT2D eigenvalue weighted by Gasteiger charge is 2.41. The SMILES string of the molecule is O=C1CCCC2=C1C(c1ccco1)CC(=O)N2c1ccccc1Cl. The number of hydrogen-bond acceptors (Lipinski definition) is 3. The van der Waals surface area contributed by atoms with Crippen molar-refractivity contribution < 1.29 is 14.0 Å². The molecule has 5 heteroatoms. The zero-order valence-corrected chi connectivity index (χ0v) is 13.8. The largest absolute Gasteiger partial charge is 0.469 e. The molecule has 0 N–H and O–H groups in total. The van der Waals surface area contributed by atoms with Crippen LogP contribution in [0.4, 0.5) is 5.69 Å². The summed E-state index contributed by atoms with van der Waals surface area (Å²) in [5, 5.41) is 0.507. The van der Waals surface area contributed by atoms with Gasteiger partial charge in [0.25, 0.3) is 0 Å². The van der Waals surface area contributed by atoms with Gasteiger partial charge in [-0.3, -0.25) is 14.5 Å². The Balaban J connectivity index is 1.89. The van der Waals surface area contributed by atoms with Gasteiger partial charge in [-0.05, 0) is 37.1 Å². The molecule has 1 aromatic heterocycles. The summed E-state index contributed by atoms with van der Waals surface area (Å²) in [5.74, 6) is 0.416. The van der Waals surface area contributed by atoms with Crippen molar-refractivity contribution in [3.8, 4) is 0 Å². The average molecular weight is 342 g/mol. The lowest BCUT2D eigenvalue weighted by molar-refractivity contribution is -0.120. The standard InChI is InChI=1S/C19H16ClNO3/c20-13-5-1-2-6-14(13)21-15-7-3-8-16(22)19(15)12(11-18(21)23)17-9-4-10-24-17/h1-2,4-6,9-10,12H,3,7-8,11H2. The summed E-state index contributed by atoms with van der Waals surface area (Å²) in [4.78, 5) is 27.2. The molecule has 4 rings (SSSR count). The number of amides is 1. The zero-order valence-electron chi connectivity index (χ0n) is 13.0. The Morgan fingerprint density at radius 1 is 1.08 bits per heavy atom. The van der Waals surface area contributed by atoms with Gasteiger partial charge in [0.1, 0.15) is 5.76 Å². The number of carbonyl (C=O) groups is 2. The lowest BCUT2D eigenvalue weighted by atomic mass is 9.79. The quantitative estimate of drug-likeness (QED) is 0.810. The van der Waals surface area contributed by atoms with Crippen LogP contribution in [0.2, 0.25) is 5.02 Å². The van der Waals surface area contributed by atoms with Gasteiger partial charge in [-0.2, -0.15) is 0 Å². The highest BCUT2D eigenvalue weighted by molar-refractivity contribution is 6.34. The molecule has 24 heavy (non-hydrogen) atoms. The van der Waals surface area contributed by atoms with E-state index < -0.39 is 0 Å². The van der Waals surface area contributed by atoms with E-state index in [1.165, 1.54) is 0 Å². The topological polar surface area (TPSA) is 50.5 Å². The maximum atomic E-state index is 12.9. The molecule has 1 aliphatic carbocycles. The highest BCUT2D eigenvalue weighted by Crippen LogP contribution is 2.44. The minimum Gasteiger partial charge on any atom is -0.469 e. The summed E-state index contributed by atoms with van der Waals surface area (Å²) in [6, 6.07) is 10.9. The average Bonchev–Trinajstić information content (AvgIpc) is 3.10. The number of Topliss-reactive ketones (excluding diaryl/α,β-unsaturated/α-hetero) is 1. The number of hydrogen-bond donors (Lipinski definition) is 0. The van der Waals surface area contributed by atoms with Crippen LogP contribution in [0.15, 0.2) is 58.3 Å². The van der Waals surface area contributed by atoms with E-state index in [0.717, 1.165) is 12.1 Å². The first kappa shape index (κ1) is 15.2. The molecule has 2 heterocycles. The minimum absolute atomic E-state index is 0.0575. The molecule has 2 aromatic rings. The molecule has 1 atom stereocenters. The number of para-hydroxylation sites is 1. The maximum absolute atomic E-state index is 12.9. The van der Waals surface area contributed by atoms with Crippen molar-refractivity contribution in [2.75, 3.05) is 4.90 Å². The minimum atomic E-state index is -0.297. The molecule has 122 valence electrons. The van der Waals surface area contributed by atoms with Gasteiger partial charge in [-0.25, -0.2) is 0 Å². The normalized spacial score (nSPS) is 21.2. The van der Waals surface area contributed by atoms with E-state index in [2.05, 4.69) is 0 Å². The third kappa shape index (κ3) is 2.38. The Morgan fingerprint density at radius 3 is 2.67 bits per heavy atom. The van der Waals surface area contributed by atoms with Crippen molar-refractivity contribution in [1.29, 1.82) is 0 Å². The van der Waals surface area contributed by atoms with E-state index >= 15 is 0 Å². The molecule has 1 amide bonds. The summed E-state index contributed by atoms with van der Waals surface area (Å²) in [7, 11) is 0. The Kier molecular flexibility index (Phi) is 3.77. The molecular formula is C19H16ClNO3. The van der Waals surface area contributed by atoms with Gasteiger partial charge in [0, 0.05) is 24.1 Å². The molecule has 1 aromatic carbocycles. The number of carbonyl (C=O) groups excluding carboxylic acids is 2. The van der Waals surface area contributed by atoms with Gasteiger partial charge in [-0.1, -0.05) is 23.7 Å². The van der Waals surface area contributed by atoms with E-state index in [1.807, 2.05) is 24.3 Å². The molecule has 1 aliphatic heterocycles. The molecule has 0 saturated carbocycles. The van der Waals surface area contributed by atoms with E-state index in [0.29, 0.717) is 34.9 Å². The predicted octanol–water partition coefficient (Wildman–Crippen LogP) is 4.46. The van der Waals surface area contributed by atoms with Gasteiger partial charge in [0.05, 0.1) is 22.9 Å². The van der Waals surface area contributed by atoms with Crippen LogP contribution < -0.4 is 4.90 Å². The Hall–Kier alpha value is -2.33. The molecule has 0 radical (unpaired) electrons. The maximum Gasteiger partial charge on any atom is 0.232 e. The first-order chi connectivity index (χ1) is 11.7. The second-order valence-corrected chi connectivity index (χ2v) is 6.50. The number of ketones is 1. The van der Waals surface area contributed by atoms with Gasteiger partial charge >= 0.3 is 0 Å². The van der Waals surface area contributed by atoms with Crippen molar-refractivity contribution >= 4 is 29.0 Å². The van der Waals surface area contributed by atoms with Crippen LogP contribution in [-0.2, 0) is 9.59 Å². The van der Waals surface area contributed by atoms with Gasteiger partial charge < -0.3 is 4.42 Å². The number of allylic oxidation sites excluding steroid dienone is 2. The fourth-order valence-electron chi connectivity index (χ4n) is 3.64.